The molecule has 0 aliphatic heterocycles. The topological polar surface area (TPSA) is 58.6 Å². The monoisotopic (exact) mass is 397 g/mol. The minimum absolute atomic E-state index is 0.265. The lowest BCUT2D eigenvalue weighted by Crippen LogP contribution is -2.31. The molecule has 0 aromatic heterocycles. The zero-order valence-electron chi connectivity index (χ0n) is 18.8. The van der Waals surface area contributed by atoms with E-state index in [2.05, 4.69) is 46.9 Å². The predicted molar refractivity (Wildman–Crippen MR) is 118 cm³/mol. The van der Waals surface area contributed by atoms with Gasteiger partial charge in [-0.25, -0.2) is 4.79 Å². The summed E-state index contributed by atoms with van der Waals surface area (Å²) in [4.78, 5) is 12.8. The molecule has 158 valence electrons. The average Bonchev–Trinajstić information content (AvgIpc) is 2.62. The van der Waals surface area contributed by atoms with Crippen molar-refractivity contribution in [3.8, 4) is 5.75 Å². The van der Waals surface area contributed by atoms with E-state index in [1.807, 2.05) is 49.4 Å². The van der Waals surface area contributed by atoms with Crippen LogP contribution in [0.1, 0.15) is 76.8 Å². The van der Waals surface area contributed by atoms with E-state index < -0.39 is 6.04 Å². The highest BCUT2D eigenvalue weighted by molar-refractivity contribution is 5.78. The largest absolute Gasteiger partial charge is 0.507 e. The first-order chi connectivity index (χ1) is 13.4. The van der Waals surface area contributed by atoms with E-state index in [4.69, 9.17) is 4.74 Å². The molecule has 2 N–H and O–H groups in total. The molecule has 4 heteroatoms. The molecule has 0 saturated carbocycles. The van der Waals surface area contributed by atoms with Crippen molar-refractivity contribution in [3.63, 3.8) is 0 Å². The van der Waals surface area contributed by atoms with Crippen LogP contribution in [-0.4, -0.2) is 17.7 Å². The van der Waals surface area contributed by atoms with Gasteiger partial charge in [0.1, 0.15) is 11.8 Å². The number of rotatable bonds is 6. The Hall–Kier alpha value is -2.33. The van der Waals surface area contributed by atoms with Crippen LogP contribution in [0.2, 0.25) is 0 Å². The van der Waals surface area contributed by atoms with Crippen molar-refractivity contribution in [3.05, 3.63) is 64.7 Å². The van der Waals surface area contributed by atoms with E-state index in [0.717, 1.165) is 22.3 Å². The number of ether oxygens (including phenoxy) is 1. The molecule has 2 aromatic rings. The quantitative estimate of drug-likeness (QED) is 0.643. The van der Waals surface area contributed by atoms with E-state index in [1.165, 1.54) is 0 Å². The third-order valence-electron chi connectivity index (χ3n) is 4.96. The molecule has 4 nitrogen and oxygen atoms in total. The fourth-order valence-electron chi connectivity index (χ4n) is 3.35. The molecule has 0 radical (unpaired) electrons. The minimum atomic E-state index is -0.613. The molecule has 29 heavy (non-hydrogen) atoms. The van der Waals surface area contributed by atoms with Crippen LogP contribution in [0.3, 0.4) is 0 Å². The molecule has 2 rings (SSSR count). The third-order valence-corrected chi connectivity index (χ3v) is 4.96. The summed E-state index contributed by atoms with van der Waals surface area (Å²) in [6.45, 7) is 15.1. The van der Waals surface area contributed by atoms with Crippen molar-refractivity contribution in [2.75, 3.05) is 6.61 Å². The first-order valence-corrected chi connectivity index (χ1v) is 10.3. The summed E-state index contributed by atoms with van der Waals surface area (Å²) in [6, 6.07) is 13.2. The Morgan fingerprint density at radius 3 is 1.97 bits per heavy atom. The fourth-order valence-corrected chi connectivity index (χ4v) is 3.35. The number of carbonyl (C=O) groups is 1. The van der Waals surface area contributed by atoms with E-state index in [-0.39, 0.29) is 16.8 Å². The van der Waals surface area contributed by atoms with E-state index in [0.29, 0.717) is 18.9 Å². The van der Waals surface area contributed by atoms with Crippen LogP contribution in [0, 0.1) is 0 Å². The lowest BCUT2D eigenvalue weighted by atomic mass is 9.77. The summed E-state index contributed by atoms with van der Waals surface area (Å²) in [7, 11) is 0. The number of aromatic hydroxyl groups is 1. The van der Waals surface area contributed by atoms with Gasteiger partial charge in [0.25, 0.3) is 0 Å². The molecule has 0 fully saturated rings. The number of esters is 1. The maximum atomic E-state index is 12.8. The van der Waals surface area contributed by atoms with Gasteiger partial charge in [0.15, 0.2) is 0 Å². The van der Waals surface area contributed by atoms with Gasteiger partial charge in [0, 0.05) is 6.54 Å². The van der Waals surface area contributed by atoms with Crippen molar-refractivity contribution >= 4 is 5.97 Å². The first-order valence-electron chi connectivity index (χ1n) is 10.3. The molecule has 0 spiro atoms. The highest BCUT2D eigenvalue weighted by atomic mass is 16.5. The van der Waals surface area contributed by atoms with Gasteiger partial charge in [-0.1, -0.05) is 71.9 Å². The van der Waals surface area contributed by atoms with Crippen LogP contribution in [0.25, 0.3) is 0 Å². The third kappa shape index (κ3) is 5.83. The molecule has 0 aliphatic carbocycles. The van der Waals surface area contributed by atoms with Gasteiger partial charge in [-0.05, 0) is 52.1 Å². The number of hydrogen-bond acceptors (Lipinski definition) is 4. The average molecular weight is 398 g/mol. The Balaban J connectivity index is 2.54. The molecule has 0 amide bonds. The molecule has 0 bridgehead atoms. The van der Waals surface area contributed by atoms with Crippen molar-refractivity contribution < 1.29 is 14.6 Å². The number of carbonyl (C=O) groups excluding carboxylic acids is 1. The number of hydrogen-bond donors (Lipinski definition) is 2. The van der Waals surface area contributed by atoms with Gasteiger partial charge in [-0.15, -0.1) is 0 Å². The highest BCUT2D eigenvalue weighted by Gasteiger charge is 2.30. The zero-order chi connectivity index (χ0) is 21.8. The van der Waals surface area contributed by atoms with E-state index >= 15 is 0 Å². The SMILES string of the molecule is CCOC(=O)C(NCc1ccccc1)c1cc(C(C)(C)C)c(O)c(C(C)(C)C)c1. The first kappa shape index (κ1) is 23.0. The van der Waals surface area contributed by atoms with E-state index in [9.17, 15) is 9.90 Å². The summed E-state index contributed by atoms with van der Waals surface area (Å²) < 4.78 is 5.36. The molecule has 0 aliphatic rings. The summed E-state index contributed by atoms with van der Waals surface area (Å²) in [6.07, 6.45) is 0. The smallest absolute Gasteiger partial charge is 0.327 e. The summed E-state index contributed by atoms with van der Waals surface area (Å²) in [5.74, 6) is -0.00624. The Labute approximate surface area is 175 Å². The van der Waals surface area contributed by atoms with Crippen LogP contribution in [0.15, 0.2) is 42.5 Å². The van der Waals surface area contributed by atoms with Crippen LogP contribution >= 0.6 is 0 Å². The summed E-state index contributed by atoms with van der Waals surface area (Å²) >= 11 is 0. The van der Waals surface area contributed by atoms with Crippen molar-refractivity contribution in [2.45, 2.75) is 71.9 Å². The Morgan fingerprint density at radius 2 is 1.52 bits per heavy atom. The van der Waals surface area contributed by atoms with Crippen molar-refractivity contribution in [2.24, 2.45) is 0 Å². The van der Waals surface area contributed by atoms with Crippen LogP contribution < -0.4 is 5.32 Å². The maximum Gasteiger partial charge on any atom is 0.327 e. The molecule has 0 heterocycles. The zero-order valence-corrected chi connectivity index (χ0v) is 18.8. The number of benzene rings is 2. The second kappa shape index (κ2) is 9.00. The van der Waals surface area contributed by atoms with Crippen LogP contribution in [0.4, 0.5) is 0 Å². The maximum absolute atomic E-state index is 12.8. The Bertz CT molecular complexity index is 794. The molecular formula is C25H35NO3. The second-order valence-electron chi connectivity index (χ2n) is 9.52. The highest BCUT2D eigenvalue weighted by Crippen LogP contribution is 2.41. The van der Waals surface area contributed by atoms with Gasteiger partial charge in [-0.2, -0.15) is 0 Å². The van der Waals surface area contributed by atoms with E-state index in [1.54, 1.807) is 0 Å². The molecular weight excluding hydrogens is 362 g/mol. The lowest BCUT2D eigenvalue weighted by molar-refractivity contribution is -0.145. The molecule has 0 saturated heterocycles. The molecule has 1 unspecified atom stereocenters. The fraction of sp³-hybridized carbons (Fsp3) is 0.480. The van der Waals surface area contributed by atoms with Gasteiger partial charge in [0.05, 0.1) is 6.61 Å². The van der Waals surface area contributed by atoms with Gasteiger partial charge >= 0.3 is 5.97 Å². The standard InChI is InChI=1S/C25H35NO3/c1-8-29-23(28)21(26-16-17-12-10-9-11-13-17)18-14-19(24(2,3)4)22(27)20(15-18)25(5,6)7/h9-15,21,26-27H,8,16H2,1-7H3. The molecule has 2 aromatic carbocycles. The van der Waals surface area contributed by atoms with Crippen LogP contribution in [-0.2, 0) is 26.9 Å². The number of nitrogens with one attached hydrogen (secondary N) is 1. The Morgan fingerprint density at radius 1 is 1.00 bits per heavy atom. The number of phenolic OH excluding ortho intramolecular Hbond substituents is 1. The minimum Gasteiger partial charge on any atom is -0.507 e. The van der Waals surface area contributed by atoms with Gasteiger partial charge in [0.2, 0.25) is 0 Å². The predicted octanol–water partition coefficient (Wildman–Crippen LogP) is 5.38. The van der Waals surface area contributed by atoms with Crippen LogP contribution in [0.5, 0.6) is 5.75 Å². The molecule has 1 atom stereocenters. The second-order valence-corrected chi connectivity index (χ2v) is 9.52. The lowest BCUT2D eigenvalue weighted by Gasteiger charge is -2.29. The summed E-state index contributed by atoms with van der Waals surface area (Å²) in [5.41, 5.74) is 3.03. The Kier molecular flexibility index (Phi) is 7.12. The summed E-state index contributed by atoms with van der Waals surface area (Å²) in [5, 5.41) is 14.3. The normalized spacial score (nSPS) is 13.2. The van der Waals surface area contributed by atoms with Gasteiger partial charge in [-0.3, -0.25) is 5.32 Å². The van der Waals surface area contributed by atoms with Crippen molar-refractivity contribution in [1.29, 1.82) is 0 Å². The van der Waals surface area contributed by atoms with Gasteiger partial charge < -0.3 is 9.84 Å². The van der Waals surface area contributed by atoms with Crippen molar-refractivity contribution in [1.82, 2.24) is 5.32 Å². The number of phenols is 1.